The van der Waals surface area contributed by atoms with Crippen molar-refractivity contribution < 1.29 is 63.1 Å². The molecule has 2 aliphatic heterocycles. The number of aliphatic hydroxyl groups is 3. The third-order valence-corrected chi connectivity index (χ3v) is 10.9. The van der Waals surface area contributed by atoms with Crippen LogP contribution in [0, 0.1) is 5.82 Å². The van der Waals surface area contributed by atoms with Gasteiger partial charge in [-0.25, -0.2) is 9.07 Å². The maximum absolute atomic E-state index is 14.2. The zero-order valence-electron chi connectivity index (χ0n) is 36.1. The highest BCUT2D eigenvalue weighted by Crippen LogP contribution is 2.23. The second-order valence-electron chi connectivity index (χ2n) is 15.9. The fraction of sp³-hybridized carbons (Fsp3) is 0.476. The Morgan fingerprint density at radius 2 is 1.55 bits per heavy atom. The summed E-state index contributed by atoms with van der Waals surface area (Å²) >= 11 is 0. The number of carbonyl (C=O) groups excluding carboxylic acids is 6. The van der Waals surface area contributed by atoms with Gasteiger partial charge in [-0.2, -0.15) is 0 Å². The summed E-state index contributed by atoms with van der Waals surface area (Å²) in [4.78, 5) is 95.8. The highest BCUT2D eigenvalue weighted by molar-refractivity contribution is 5.95. The van der Waals surface area contributed by atoms with Crippen LogP contribution in [0.25, 0.3) is 0 Å². The lowest BCUT2D eigenvalue weighted by atomic mass is 9.94. The molecule has 1 fully saturated rings. The van der Waals surface area contributed by atoms with Crippen LogP contribution in [0.3, 0.4) is 0 Å². The molecule has 1 aromatic heterocycles. The van der Waals surface area contributed by atoms with Crippen molar-refractivity contribution in [2.75, 3.05) is 26.2 Å². The number of rotatable bonds is 17. The molecule has 9 atom stereocenters. The number of nitrogens with one attached hydrogen (secondary N) is 6. The van der Waals surface area contributed by atoms with E-state index in [1.165, 1.54) is 23.0 Å². The van der Waals surface area contributed by atoms with Crippen molar-refractivity contribution in [2.45, 2.75) is 99.6 Å². The van der Waals surface area contributed by atoms with Crippen LogP contribution in [0.5, 0.6) is 0 Å². The van der Waals surface area contributed by atoms with E-state index in [1.54, 1.807) is 30.3 Å². The maximum Gasteiger partial charge on any atom is 0.305 e. The molecule has 1 saturated heterocycles. The van der Waals surface area contributed by atoms with Gasteiger partial charge >= 0.3 is 5.97 Å². The number of halogens is 1. The van der Waals surface area contributed by atoms with Crippen molar-refractivity contribution in [3.8, 4) is 0 Å². The number of carboxylic acid groups (broad SMARTS) is 1. The molecular formula is C42H55FN12O12. The minimum Gasteiger partial charge on any atom is -0.481 e. The minimum atomic E-state index is -1.85. The zero-order chi connectivity index (χ0) is 48.6. The number of carbonyl (C=O) groups is 7. The second-order valence-corrected chi connectivity index (χ2v) is 15.9. The van der Waals surface area contributed by atoms with Gasteiger partial charge in [-0.05, 0) is 68.4 Å². The molecule has 0 radical (unpaired) electrons. The number of hydrogen-bond donors (Lipinski definition) is 12. The predicted molar refractivity (Wildman–Crippen MR) is 231 cm³/mol. The Bertz CT molecular complexity index is 2230. The number of fused-ring (bicyclic) bond motifs is 2. The molecular weight excluding hydrogens is 884 g/mol. The molecule has 25 heteroatoms. The van der Waals surface area contributed by atoms with Gasteiger partial charge in [-0.1, -0.05) is 35.5 Å². The van der Waals surface area contributed by atoms with E-state index in [1.807, 2.05) is 0 Å². The molecule has 5 rings (SSSR count). The Kier molecular flexibility index (Phi) is 18.6. The summed E-state index contributed by atoms with van der Waals surface area (Å²) in [5.41, 5.74) is 11.9. The maximum atomic E-state index is 14.2. The third kappa shape index (κ3) is 15.0. The van der Waals surface area contributed by atoms with Gasteiger partial charge in [0.05, 0.1) is 25.2 Å². The first kappa shape index (κ1) is 50.9. The van der Waals surface area contributed by atoms with E-state index in [0.29, 0.717) is 0 Å². The molecule has 14 N–H and O–H groups in total. The largest absolute Gasteiger partial charge is 0.481 e. The number of guanidine groups is 1. The monoisotopic (exact) mass is 938 g/mol. The number of aliphatic carboxylic acids is 1. The number of nitrogens with two attached hydrogens (primary N) is 2. The molecule has 3 aromatic rings. The minimum absolute atomic E-state index is 0.00280. The number of unbranched alkanes of at least 4 members (excludes halogenated alkanes) is 1. The first-order chi connectivity index (χ1) is 32.0. The molecule has 3 heterocycles. The van der Waals surface area contributed by atoms with Gasteiger partial charge in [0.1, 0.15) is 54.1 Å². The summed E-state index contributed by atoms with van der Waals surface area (Å²) in [6, 6.07) is 8.67. The topological polar surface area (TPSA) is 377 Å². The van der Waals surface area contributed by atoms with Crippen molar-refractivity contribution in [3.05, 3.63) is 83.4 Å². The molecule has 0 saturated carbocycles. The van der Waals surface area contributed by atoms with E-state index >= 15 is 0 Å². The van der Waals surface area contributed by atoms with Gasteiger partial charge in [0, 0.05) is 25.2 Å². The summed E-state index contributed by atoms with van der Waals surface area (Å²) in [5, 5.41) is 65.1. The highest BCUT2D eigenvalue weighted by atomic mass is 19.1. The summed E-state index contributed by atoms with van der Waals surface area (Å²) < 4.78 is 20.2. The predicted octanol–water partition coefficient (Wildman–Crippen LogP) is -3.45. The first-order valence-corrected chi connectivity index (χ1v) is 21.4. The average Bonchev–Trinajstić information content (AvgIpc) is 3.78. The lowest BCUT2D eigenvalue weighted by molar-refractivity contribution is -0.218. The van der Waals surface area contributed by atoms with Crippen molar-refractivity contribution in [3.63, 3.8) is 0 Å². The molecule has 2 aliphatic rings. The van der Waals surface area contributed by atoms with Crippen molar-refractivity contribution in [2.24, 2.45) is 16.5 Å². The Hall–Kier alpha value is -7.09. The number of carboxylic acids is 1. The molecule has 67 heavy (non-hydrogen) atoms. The molecule has 0 spiro atoms. The Labute approximate surface area is 382 Å². The van der Waals surface area contributed by atoms with Crippen LogP contribution < -0.4 is 43.4 Å². The standard InChI is InChI=1S/C42H55FN12O12/c43-24-13-11-23(12-14-24)37(62)48-19-30-33(59)34(60)35(61)36(67-30)41(66)46-15-5-4-10-29-40(65)51-25(9-6-16-47-42(44)45)38(63)49-20-31(56)50-27(18-32(57)58)39(64)52-26(28-21-55(29)54-53-28)17-22-7-2-1-3-8-22/h1-3,7-8,11-14,21,25-27,29-30,33-36,59-61H,4-6,9-10,15-20H2,(H,46,66)(H,48,62)(H,49,63)(H,50,56)(H,51,65)(H,52,64)(H,57,58)(H4,44,45,47)/t25-,26-,27-,29-,30+,33+,34?,35-,36?/m0/s1. The van der Waals surface area contributed by atoms with E-state index in [2.05, 4.69) is 47.2 Å². The van der Waals surface area contributed by atoms with E-state index in [4.69, 9.17) is 16.2 Å². The van der Waals surface area contributed by atoms with E-state index < -0.39 is 115 Å². The lowest BCUT2D eigenvalue weighted by Gasteiger charge is -2.40. The normalized spacial score (nSPS) is 24.8. The molecule has 6 amide bonds. The summed E-state index contributed by atoms with van der Waals surface area (Å²) in [6.45, 7) is -0.995. The Morgan fingerprint density at radius 1 is 0.836 bits per heavy atom. The fourth-order valence-corrected chi connectivity index (χ4v) is 7.31. The lowest BCUT2D eigenvalue weighted by Crippen LogP contribution is -2.63. The Balaban J connectivity index is 1.32. The SMILES string of the molecule is NC(N)=NCCC[C@@H]1NC(=O)[C@H](CCCCNC(=O)C2O[C@H](CNC(=O)c3ccc(F)cc3)[C@@H](O)C(O)[C@@H]2O)n2cc(nn2)[C@H](Cc2ccccc2)NC(=O)[C@H](CC(=O)O)NC(=O)CNC1=O. The van der Waals surface area contributed by atoms with Crippen LogP contribution in [0.4, 0.5) is 4.39 Å². The summed E-state index contributed by atoms with van der Waals surface area (Å²) in [5.74, 6) is -6.85. The molecule has 362 valence electrons. The van der Waals surface area contributed by atoms with E-state index in [-0.39, 0.29) is 75.4 Å². The van der Waals surface area contributed by atoms with Gasteiger partial charge in [0.15, 0.2) is 12.1 Å². The number of ether oxygens (including phenoxy) is 1. The molecule has 0 aliphatic carbocycles. The summed E-state index contributed by atoms with van der Waals surface area (Å²) in [6.07, 6.45) is -6.88. The molecule has 24 nitrogen and oxygen atoms in total. The van der Waals surface area contributed by atoms with Crippen LogP contribution in [0.15, 0.2) is 65.8 Å². The zero-order valence-corrected chi connectivity index (χ0v) is 36.1. The van der Waals surface area contributed by atoms with Crippen molar-refractivity contribution in [1.82, 2.24) is 46.9 Å². The van der Waals surface area contributed by atoms with E-state index in [9.17, 15) is 58.4 Å². The van der Waals surface area contributed by atoms with Gasteiger partial charge in [-0.3, -0.25) is 38.6 Å². The second kappa shape index (κ2) is 24.4. The Morgan fingerprint density at radius 3 is 2.25 bits per heavy atom. The molecule has 2 bridgehead atoms. The fourth-order valence-electron chi connectivity index (χ4n) is 7.31. The first-order valence-electron chi connectivity index (χ1n) is 21.4. The van der Waals surface area contributed by atoms with Crippen LogP contribution in [-0.4, -0.2) is 152 Å². The van der Waals surface area contributed by atoms with Gasteiger partial charge in [0.2, 0.25) is 23.6 Å². The van der Waals surface area contributed by atoms with Gasteiger partial charge in [0.25, 0.3) is 11.8 Å². The number of amides is 6. The van der Waals surface area contributed by atoms with Crippen LogP contribution in [0.2, 0.25) is 0 Å². The number of aliphatic imine (C=N–C) groups is 1. The number of hydrogen-bond acceptors (Lipinski definition) is 14. The van der Waals surface area contributed by atoms with Crippen LogP contribution in [-0.2, 0) is 39.9 Å². The van der Waals surface area contributed by atoms with Crippen molar-refractivity contribution >= 4 is 47.4 Å². The smallest absolute Gasteiger partial charge is 0.305 e. The number of benzene rings is 2. The number of nitrogens with zero attached hydrogens (tertiary/aromatic N) is 4. The van der Waals surface area contributed by atoms with Crippen LogP contribution >= 0.6 is 0 Å². The molecule has 2 unspecified atom stereocenters. The summed E-state index contributed by atoms with van der Waals surface area (Å²) in [7, 11) is 0. The quantitative estimate of drug-likeness (QED) is 0.0356. The highest BCUT2D eigenvalue weighted by Gasteiger charge is 2.46. The third-order valence-electron chi connectivity index (χ3n) is 10.9. The average molecular weight is 939 g/mol. The number of aromatic nitrogens is 3. The van der Waals surface area contributed by atoms with Gasteiger partial charge < -0.3 is 68.5 Å². The molecule has 2 aromatic carbocycles. The van der Waals surface area contributed by atoms with Crippen LogP contribution in [0.1, 0.15) is 72.2 Å². The van der Waals surface area contributed by atoms with Gasteiger partial charge in [-0.15, -0.1) is 5.10 Å². The van der Waals surface area contributed by atoms with Crippen molar-refractivity contribution in [1.29, 1.82) is 0 Å². The number of aliphatic hydroxyl groups excluding tert-OH is 3. The van der Waals surface area contributed by atoms with E-state index in [0.717, 1.165) is 17.7 Å².